The third-order valence-corrected chi connectivity index (χ3v) is 1.62. The fraction of sp³-hybridized carbons (Fsp3) is 0. The molecule has 0 saturated carbocycles. The number of hydrogen-bond donors (Lipinski definition) is 1. The molecule has 0 aromatic heterocycles. The van der Waals surface area contributed by atoms with E-state index in [1.807, 2.05) is 5.32 Å². The molecule has 3 nitrogen and oxygen atoms in total. The van der Waals surface area contributed by atoms with Crippen LogP contribution in [0, 0.1) is 11.6 Å². The van der Waals surface area contributed by atoms with E-state index in [1.165, 1.54) is 6.07 Å². The van der Waals surface area contributed by atoms with Crippen LogP contribution in [0.3, 0.4) is 0 Å². The molecule has 2 amide bonds. The van der Waals surface area contributed by atoms with Crippen LogP contribution in [-0.4, -0.2) is 11.8 Å². The fourth-order valence-corrected chi connectivity index (χ4v) is 0.909. The predicted molar refractivity (Wildman–Crippen MR) is 49.0 cm³/mol. The van der Waals surface area contributed by atoms with E-state index in [4.69, 9.17) is 0 Å². The maximum Gasteiger partial charge on any atom is 0.261 e. The Labute approximate surface area is 84.4 Å². The Morgan fingerprint density at radius 3 is 2.60 bits per heavy atom. The highest BCUT2D eigenvalue weighted by Gasteiger charge is 2.15. The van der Waals surface area contributed by atoms with Gasteiger partial charge in [0.15, 0.2) is 11.6 Å². The van der Waals surface area contributed by atoms with Gasteiger partial charge >= 0.3 is 0 Å². The molecular weight excluding hydrogens is 204 g/mol. The number of benzene rings is 1. The van der Waals surface area contributed by atoms with Gasteiger partial charge in [-0.1, -0.05) is 12.6 Å². The maximum absolute atomic E-state index is 13.0. The SMILES string of the molecule is C=CC(=O)NC(=O)c1cccc(F)c1F. The first-order valence-electron chi connectivity index (χ1n) is 3.98. The lowest BCUT2D eigenvalue weighted by atomic mass is 10.2. The van der Waals surface area contributed by atoms with Crippen molar-refractivity contribution in [2.45, 2.75) is 0 Å². The molecule has 15 heavy (non-hydrogen) atoms. The Balaban J connectivity index is 2.96. The molecule has 1 aromatic carbocycles. The zero-order valence-electron chi connectivity index (χ0n) is 7.59. The summed E-state index contributed by atoms with van der Waals surface area (Å²) in [6.07, 6.45) is 0.856. The lowest BCUT2D eigenvalue weighted by Gasteiger charge is -2.02. The van der Waals surface area contributed by atoms with E-state index in [0.29, 0.717) is 0 Å². The van der Waals surface area contributed by atoms with Gasteiger partial charge in [-0.15, -0.1) is 0 Å². The number of hydrogen-bond acceptors (Lipinski definition) is 2. The van der Waals surface area contributed by atoms with Crippen LogP contribution in [0.1, 0.15) is 10.4 Å². The molecule has 0 radical (unpaired) electrons. The molecule has 0 unspecified atom stereocenters. The molecule has 0 saturated heterocycles. The zero-order chi connectivity index (χ0) is 11.4. The van der Waals surface area contributed by atoms with Gasteiger partial charge in [-0.3, -0.25) is 14.9 Å². The zero-order valence-corrected chi connectivity index (χ0v) is 7.59. The van der Waals surface area contributed by atoms with Crippen molar-refractivity contribution in [2.24, 2.45) is 0 Å². The number of rotatable bonds is 2. The van der Waals surface area contributed by atoms with Crippen molar-refractivity contribution in [3.8, 4) is 0 Å². The van der Waals surface area contributed by atoms with Crippen molar-refractivity contribution < 1.29 is 18.4 Å². The van der Waals surface area contributed by atoms with E-state index in [0.717, 1.165) is 18.2 Å². The topological polar surface area (TPSA) is 46.2 Å². The van der Waals surface area contributed by atoms with Crippen molar-refractivity contribution in [1.29, 1.82) is 0 Å². The largest absolute Gasteiger partial charge is 0.289 e. The van der Waals surface area contributed by atoms with Crippen molar-refractivity contribution in [3.63, 3.8) is 0 Å². The van der Waals surface area contributed by atoms with Crippen molar-refractivity contribution in [2.75, 3.05) is 0 Å². The van der Waals surface area contributed by atoms with E-state index < -0.39 is 29.0 Å². The van der Waals surface area contributed by atoms with Gasteiger partial charge in [0.2, 0.25) is 5.91 Å². The predicted octanol–water partition coefficient (Wildman–Crippen LogP) is 1.41. The van der Waals surface area contributed by atoms with Crippen LogP contribution in [0.15, 0.2) is 30.9 Å². The van der Waals surface area contributed by atoms with Crippen molar-refractivity contribution in [3.05, 3.63) is 48.1 Å². The molecule has 0 bridgehead atoms. The molecule has 0 fully saturated rings. The Morgan fingerprint density at radius 1 is 1.33 bits per heavy atom. The summed E-state index contributed by atoms with van der Waals surface area (Å²) >= 11 is 0. The number of halogens is 2. The number of nitrogens with one attached hydrogen (secondary N) is 1. The van der Waals surface area contributed by atoms with Gasteiger partial charge in [0.25, 0.3) is 5.91 Å². The summed E-state index contributed by atoms with van der Waals surface area (Å²) in [6.45, 7) is 3.12. The first-order valence-corrected chi connectivity index (χ1v) is 3.98. The molecule has 0 spiro atoms. The van der Waals surface area contributed by atoms with Gasteiger partial charge in [0.05, 0.1) is 5.56 Å². The second kappa shape index (κ2) is 4.45. The van der Waals surface area contributed by atoms with Crippen LogP contribution >= 0.6 is 0 Å². The quantitative estimate of drug-likeness (QED) is 0.751. The van der Waals surface area contributed by atoms with E-state index in [9.17, 15) is 18.4 Å². The van der Waals surface area contributed by atoms with E-state index in [1.54, 1.807) is 0 Å². The summed E-state index contributed by atoms with van der Waals surface area (Å²) in [4.78, 5) is 21.9. The van der Waals surface area contributed by atoms with Gasteiger partial charge in [0, 0.05) is 0 Å². The molecule has 5 heteroatoms. The number of amides is 2. The average Bonchev–Trinajstić information content (AvgIpc) is 2.21. The molecule has 0 heterocycles. The first kappa shape index (κ1) is 11.0. The first-order chi connectivity index (χ1) is 7.06. The van der Waals surface area contributed by atoms with E-state index >= 15 is 0 Å². The molecule has 0 aliphatic rings. The molecule has 0 aliphatic heterocycles. The van der Waals surface area contributed by atoms with Crippen LogP contribution in [0.25, 0.3) is 0 Å². The number of imide groups is 1. The van der Waals surface area contributed by atoms with Gasteiger partial charge < -0.3 is 0 Å². The summed E-state index contributed by atoms with van der Waals surface area (Å²) in [5, 5.41) is 1.81. The Hall–Kier alpha value is -2.04. The minimum absolute atomic E-state index is 0.523. The monoisotopic (exact) mass is 211 g/mol. The van der Waals surface area contributed by atoms with Gasteiger partial charge in [0.1, 0.15) is 0 Å². The third-order valence-electron chi connectivity index (χ3n) is 1.62. The van der Waals surface area contributed by atoms with Crippen LogP contribution in [0.2, 0.25) is 0 Å². The van der Waals surface area contributed by atoms with Crippen molar-refractivity contribution >= 4 is 11.8 Å². The van der Waals surface area contributed by atoms with Gasteiger partial charge in [-0.2, -0.15) is 0 Å². The van der Waals surface area contributed by atoms with Crippen molar-refractivity contribution in [1.82, 2.24) is 5.32 Å². The molecule has 1 aromatic rings. The van der Waals surface area contributed by atoms with Crippen LogP contribution in [-0.2, 0) is 4.79 Å². The third kappa shape index (κ3) is 2.46. The summed E-state index contributed by atoms with van der Waals surface area (Å²) in [5.41, 5.74) is -0.523. The smallest absolute Gasteiger partial charge is 0.261 e. The standard InChI is InChI=1S/C10H7F2NO2/c1-2-8(14)13-10(15)6-4-3-5-7(11)9(6)12/h2-5H,1H2,(H,13,14,15). The van der Waals surface area contributed by atoms with Gasteiger partial charge in [-0.25, -0.2) is 8.78 Å². The Bertz CT molecular complexity index is 429. The average molecular weight is 211 g/mol. The van der Waals surface area contributed by atoms with Crippen LogP contribution in [0.5, 0.6) is 0 Å². The highest BCUT2D eigenvalue weighted by molar-refractivity contribution is 6.07. The minimum Gasteiger partial charge on any atom is -0.289 e. The Kier molecular flexibility index (Phi) is 3.28. The normalized spacial score (nSPS) is 9.47. The minimum atomic E-state index is -1.29. The van der Waals surface area contributed by atoms with Gasteiger partial charge in [-0.05, 0) is 18.2 Å². The molecule has 78 valence electrons. The Morgan fingerprint density at radius 2 is 2.00 bits per heavy atom. The summed E-state index contributed by atoms with van der Waals surface area (Å²) in [5.74, 6) is -4.21. The van der Waals surface area contributed by atoms with Crippen LogP contribution < -0.4 is 5.32 Å². The highest BCUT2D eigenvalue weighted by atomic mass is 19.2. The van der Waals surface area contributed by atoms with E-state index in [-0.39, 0.29) is 0 Å². The second-order valence-corrected chi connectivity index (χ2v) is 2.62. The lowest BCUT2D eigenvalue weighted by molar-refractivity contribution is -0.115. The maximum atomic E-state index is 13.0. The number of carbonyl (C=O) groups excluding carboxylic acids is 2. The summed E-state index contributed by atoms with van der Waals surface area (Å²) in [7, 11) is 0. The summed E-state index contributed by atoms with van der Waals surface area (Å²) in [6, 6.07) is 3.12. The van der Waals surface area contributed by atoms with Crippen LogP contribution in [0.4, 0.5) is 8.78 Å². The molecule has 0 atom stereocenters. The lowest BCUT2D eigenvalue weighted by Crippen LogP contribution is -2.29. The number of carbonyl (C=O) groups is 2. The molecule has 1 N–H and O–H groups in total. The highest BCUT2D eigenvalue weighted by Crippen LogP contribution is 2.10. The molecular formula is C10H7F2NO2. The molecule has 0 aliphatic carbocycles. The fourth-order valence-electron chi connectivity index (χ4n) is 0.909. The van der Waals surface area contributed by atoms with E-state index in [2.05, 4.69) is 6.58 Å². The summed E-state index contributed by atoms with van der Waals surface area (Å²) < 4.78 is 25.7. The second-order valence-electron chi connectivity index (χ2n) is 2.62. The molecule has 1 rings (SSSR count).